The molecule has 0 aromatic heterocycles. The lowest BCUT2D eigenvalue weighted by molar-refractivity contribution is 0.215. The number of hydrogen-bond donors (Lipinski definition) is 3. The van der Waals surface area contributed by atoms with Crippen molar-refractivity contribution in [2.45, 2.75) is 21.6 Å². The minimum atomic E-state index is -4.63. The van der Waals surface area contributed by atoms with Crippen LogP contribution < -0.4 is 15.8 Å². The Labute approximate surface area is 179 Å². The number of aryl methyl sites for hydroxylation is 1. The minimum absolute atomic E-state index is 0.0934. The highest BCUT2D eigenvalue weighted by Gasteiger charge is 2.24. The molecule has 9 nitrogen and oxygen atoms in total. The van der Waals surface area contributed by atoms with E-state index in [1.165, 1.54) is 31.2 Å². The maximum Gasteiger partial charge on any atom is 0.417 e. The summed E-state index contributed by atoms with van der Waals surface area (Å²) in [6.45, 7) is 1.41. The van der Waals surface area contributed by atoms with Crippen LogP contribution in [0, 0.1) is 6.92 Å². The third-order valence-corrected chi connectivity index (χ3v) is 7.05. The minimum Gasteiger partial charge on any atom is -0.410 e. The molecular weight excluding hydrogens is 444 g/mol. The van der Waals surface area contributed by atoms with Gasteiger partial charge in [-0.3, -0.25) is 9.87 Å². The number of hydrogen-bond acceptors (Lipinski definition) is 7. The molecule has 0 spiro atoms. The van der Waals surface area contributed by atoms with Gasteiger partial charge in [0.2, 0.25) is 9.84 Å². The predicted molar refractivity (Wildman–Crippen MR) is 113 cm³/mol. The first-order valence-corrected chi connectivity index (χ1v) is 11.7. The highest BCUT2D eigenvalue weighted by molar-refractivity contribution is 7.91. The molecule has 1 amide bonds. The molecule has 0 fully saturated rings. The van der Waals surface area contributed by atoms with E-state index in [0.717, 1.165) is 12.1 Å². The summed E-state index contributed by atoms with van der Waals surface area (Å²) < 4.78 is 63.7. The Morgan fingerprint density at radius 3 is 2.26 bits per heavy atom. The number of nitrogens with two attached hydrogens (primary N) is 1. The van der Waals surface area contributed by atoms with Crippen molar-refractivity contribution in [3.8, 4) is 5.75 Å². The summed E-state index contributed by atoms with van der Waals surface area (Å²) in [6, 6.07) is 15.4. The van der Waals surface area contributed by atoms with Gasteiger partial charge in [-0.15, -0.1) is 0 Å². The number of sulfone groups is 1. The second kappa shape index (κ2) is 8.38. The normalized spacial score (nSPS) is 11.7. The second-order valence-electron chi connectivity index (χ2n) is 6.49. The molecule has 0 aliphatic rings. The van der Waals surface area contributed by atoms with Gasteiger partial charge in [0.25, 0.3) is 10.1 Å². The summed E-state index contributed by atoms with van der Waals surface area (Å²) in [5, 5.41) is 2.41. The fourth-order valence-electron chi connectivity index (χ4n) is 2.74. The molecule has 3 aromatic carbocycles. The van der Waals surface area contributed by atoms with Gasteiger partial charge in [-0.05, 0) is 55.0 Å². The first kappa shape index (κ1) is 22.3. The van der Waals surface area contributed by atoms with E-state index in [0.29, 0.717) is 5.75 Å². The van der Waals surface area contributed by atoms with Gasteiger partial charge < -0.3 is 10.5 Å². The van der Waals surface area contributed by atoms with Crippen LogP contribution in [-0.4, -0.2) is 27.5 Å². The molecule has 3 aromatic rings. The Bertz CT molecular complexity index is 1350. The van der Waals surface area contributed by atoms with Crippen LogP contribution in [0.15, 0.2) is 81.4 Å². The van der Waals surface area contributed by atoms with Crippen molar-refractivity contribution >= 4 is 37.4 Å². The number of benzene rings is 3. The molecular formula is C20H18N2O7S2. The van der Waals surface area contributed by atoms with Gasteiger partial charge >= 0.3 is 6.09 Å². The zero-order valence-corrected chi connectivity index (χ0v) is 17.8. The molecule has 31 heavy (non-hydrogen) atoms. The van der Waals surface area contributed by atoms with Crippen LogP contribution in [0.5, 0.6) is 5.75 Å². The van der Waals surface area contributed by atoms with Gasteiger partial charge in [0.1, 0.15) is 5.75 Å². The molecule has 0 aliphatic carbocycles. The average molecular weight is 463 g/mol. The quantitative estimate of drug-likeness (QED) is 0.386. The molecule has 0 radical (unpaired) electrons. The number of ether oxygens (including phenoxy) is 1. The topological polar surface area (TPSA) is 153 Å². The smallest absolute Gasteiger partial charge is 0.410 e. The van der Waals surface area contributed by atoms with E-state index in [1.807, 2.05) is 0 Å². The second-order valence-corrected chi connectivity index (χ2v) is 9.79. The molecule has 0 saturated heterocycles. The molecule has 0 bridgehead atoms. The van der Waals surface area contributed by atoms with Crippen LogP contribution in [0.4, 0.5) is 16.2 Å². The van der Waals surface area contributed by atoms with Gasteiger partial charge in [-0.25, -0.2) is 13.2 Å². The van der Waals surface area contributed by atoms with Crippen molar-refractivity contribution in [3.63, 3.8) is 0 Å². The SMILES string of the molecule is Cc1ccc(S(=O)(=O)c2cc(NC(=O)Oc3ccccc3)ccc2N)cc1S(=O)(=O)O. The standard InChI is InChI=1S/C20H18N2O7S2/c1-13-7-9-16(12-18(13)31(26,27)28)30(24,25)19-11-14(8-10-17(19)21)22-20(23)29-15-5-3-2-4-6-15/h2-12H,21H2,1H3,(H,22,23)(H,26,27,28). The van der Waals surface area contributed by atoms with Crippen molar-refractivity contribution < 1.29 is 30.9 Å². The summed E-state index contributed by atoms with van der Waals surface area (Å²) in [7, 11) is -8.91. The molecule has 0 aliphatic heterocycles. The van der Waals surface area contributed by atoms with E-state index < -0.39 is 30.9 Å². The summed E-state index contributed by atoms with van der Waals surface area (Å²) >= 11 is 0. The maximum absolute atomic E-state index is 13.1. The van der Waals surface area contributed by atoms with Gasteiger partial charge in [-0.2, -0.15) is 8.42 Å². The van der Waals surface area contributed by atoms with E-state index in [9.17, 15) is 26.2 Å². The Balaban J connectivity index is 1.95. The number of anilines is 2. The molecule has 0 atom stereocenters. The maximum atomic E-state index is 13.1. The van der Waals surface area contributed by atoms with Crippen molar-refractivity contribution in [1.29, 1.82) is 0 Å². The molecule has 0 unspecified atom stereocenters. The van der Waals surface area contributed by atoms with Crippen molar-refractivity contribution in [3.05, 3.63) is 72.3 Å². The Morgan fingerprint density at radius 2 is 1.61 bits per heavy atom. The summed E-state index contributed by atoms with van der Waals surface area (Å²) in [5.74, 6) is 0.292. The van der Waals surface area contributed by atoms with Gasteiger partial charge in [0, 0.05) is 5.69 Å². The average Bonchev–Trinajstić information content (AvgIpc) is 2.69. The number of amides is 1. The van der Waals surface area contributed by atoms with Crippen molar-refractivity contribution in [1.82, 2.24) is 0 Å². The van der Waals surface area contributed by atoms with Crippen LogP contribution in [-0.2, 0) is 20.0 Å². The Hall–Kier alpha value is -3.41. The van der Waals surface area contributed by atoms with Crippen LogP contribution >= 0.6 is 0 Å². The van der Waals surface area contributed by atoms with E-state index >= 15 is 0 Å². The van der Waals surface area contributed by atoms with Crippen LogP contribution in [0.25, 0.3) is 0 Å². The Kier molecular flexibility index (Phi) is 6.02. The van der Waals surface area contributed by atoms with E-state index in [-0.39, 0.29) is 26.7 Å². The van der Waals surface area contributed by atoms with E-state index in [2.05, 4.69) is 5.32 Å². The number of rotatable bonds is 5. The third-order valence-electron chi connectivity index (χ3n) is 4.25. The molecule has 4 N–H and O–H groups in total. The zero-order chi connectivity index (χ0) is 22.8. The first-order chi connectivity index (χ1) is 14.5. The Morgan fingerprint density at radius 1 is 0.935 bits per heavy atom. The molecule has 0 heterocycles. The fraction of sp³-hybridized carbons (Fsp3) is 0.0500. The molecule has 3 rings (SSSR count). The highest BCUT2D eigenvalue weighted by Crippen LogP contribution is 2.30. The molecule has 162 valence electrons. The first-order valence-electron chi connectivity index (χ1n) is 8.75. The number of carbonyl (C=O) groups excluding carboxylic acids is 1. The number of nitrogens with one attached hydrogen (secondary N) is 1. The summed E-state index contributed by atoms with van der Waals surface area (Å²) in [5.41, 5.74) is 5.98. The monoisotopic (exact) mass is 462 g/mol. The number of carbonyl (C=O) groups is 1. The number of para-hydroxylation sites is 1. The third kappa shape index (κ3) is 5.02. The van der Waals surface area contributed by atoms with E-state index in [1.54, 1.807) is 30.3 Å². The van der Waals surface area contributed by atoms with Crippen molar-refractivity contribution in [2.75, 3.05) is 11.1 Å². The fourth-order valence-corrected chi connectivity index (χ4v) is 5.00. The van der Waals surface area contributed by atoms with Crippen LogP contribution in [0.3, 0.4) is 0 Å². The lowest BCUT2D eigenvalue weighted by Crippen LogP contribution is -2.17. The predicted octanol–water partition coefficient (Wildman–Crippen LogP) is 3.27. The van der Waals surface area contributed by atoms with Crippen LogP contribution in [0.2, 0.25) is 0 Å². The van der Waals surface area contributed by atoms with Crippen LogP contribution in [0.1, 0.15) is 5.56 Å². The largest absolute Gasteiger partial charge is 0.417 e. The molecule has 0 saturated carbocycles. The van der Waals surface area contributed by atoms with E-state index in [4.69, 9.17) is 10.5 Å². The lowest BCUT2D eigenvalue weighted by atomic mass is 10.2. The van der Waals surface area contributed by atoms with Gasteiger partial charge in [0.15, 0.2) is 0 Å². The summed E-state index contributed by atoms with van der Waals surface area (Å²) in [4.78, 5) is 10.8. The van der Waals surface area contributed by atoms with Crippen molar-refractivity contribution in [2.24, 2.45) is 0 Å². The van der Waals surface area contributed by atoms with Gasteiger partial charge in [0.05, 0.1) is 20.4 Å². The summed E-state index contributed by atoms with van der Waals surface area (Å²) in [6.07, 6.45) is -0.844. The zero-order valence-electron chi connectivity index (χ0n) is 16.1. The number of nitrogen functional groups attached to an aromatic ring is 1. The highest BCUT2D eigenvalue weighted by atomic mass is 32.2. The molecule has 11 heteroatoms. The lowest BCUT2D eigenvalue weighted by Gasteiger charge is -2.12. The van der Waals surface area contributed by atoms with Gasteiger partial charge in [-0.1, -0.05) is 24.3 Å².